The van der Waals surface area contributed by atoms with Gasteiger partial charge in [-0.2, -0.15) is 0 Å². The van der Waals surface area contributed by atoms with Crippen molar-refractivity contribution in [2.24, 2.45) is 0 Å². The van der Waals surface area contributed by atoms with Crippen molar-refractivity contribution in [3.63, 3.8) is 0 Å². The first kappa shape index (κ1) is 12.2. The lowest BCUT2D eigenvalue weighted by Crippen LogP contribution is -2.30. The van der Waals surface area contributed by atoms with Crippen LogP contribution in [0.1, 0.15) is 29.6 Å². The first-order valence-corrected chi connectivity index (χ1v) is 6.82. The number of hydrogen-bond donors (Lipinski definition) is 2. The summed E-state index contributed by atoms with van der Waals surface area (Å²) in [5.41, 5.74) is 1.38. The smallest absolute Gasteiger partial charge is 0.255 e. The Morgan fingerprint density at radius 3 is 3.16 bits per heavy atom. The SMILES string of the molecule is O=C(NCC[C@H]1CCCN1)c1coc2ccccc12. The van der Waals surface area contributed by atoms with E-state index in [9.17, 15) is 4.79 Å². The molecule has 0 spiro atoms. The molecule has 2 N–H and O–H groups in total. The Balaban J connectivity index is 1.60. The van der Waals surface area contributed by atoms with Crippen LogP contribution < -0.4 is 10.6 Å². The predicted molar refractivity (Wildman–Crippen MR) is 74.2 cm³/mol. The predicted octanol–water partition coefficient (Wildman–Crippen LogP) is 2.30. The summed E-state index contributed by atoms with van der Waals surface area (Å²) in [6.07, 6.45) is 4.98. The fourth-order valence-electron chi connectivity index (χ4n) is 2.61. The molecule has 2 heterocycles. The van der Waals surface area contributed by atoms with Gasteiger partial charge in [0, 0.05) is 18.0 Å². The Hall–Kier alpha value is -1.81. The molecular weight excluding hydrogens is 240 g/mol. The van der Waals surface area contributed by atoms with Crippen molar-refractivity contribution >= 4 is 16.9 Å². The number of benzene rings is 1. The summed E-state index contributed by atoms with van der Waals surface area (Å²) in [4.78, 5) is 12.1. The van der Waals surface area contributed by atoms with Gasteiger partial charge in [-0.3, -0.25) is 4.79 Å². The summed E-state index contributed by atoms with van der Waals surface area (Å²) in [5, 5.41) is 7.26. The van der Waals surface area contributed by atoms with Crippen LogP contribution >= 0.6 is 0 Å². The highest BCUT2D eigenvalue weighted by Gasteiger charge is 2.16. The molecule has 1 fully saturated rings. The highest BCUT2D eigenvalue weighted by atomic mass is 16.3. The van der Waals surface area contributed by atoms with Gasteiger partial charge in [-0.25, -0.2) is 0 Å². The van der Waals surface area contributed by atoms with Crippen molar-refractivity contribution in [1.82, 2.24) is 10.6 Å². The second kappa shape index (κ2) is 5.45. The van der Waals surface area contributed by atoms with E-state index in [1.54, 1.807) is 0 Å². The molecule has 0 unspecified atom stereocenters. The number of amides is 1. The first-order valence-electron chi connectivity index (χ1n) is 6.82. The summed E-state index contributed by atoms with van der Waals surface area (Å²) in [5.74, 6) is -0.0528. The van der Waals surface area contributed by atoms with E-state index in [1.807, 2.05) is 24.3 Å². The molecule has 0 radical (unpaired) electrons. The van der Waals surface area contributed by atoms with Crippen molar-refractivity contribution in [3.8, 4) is 0 Å². The van der Waals surface area contributed by atoms with Crippen LogP contribution in [-0.4, -0.2) is 25.0 Å². The summed E-state index contributed by atoms with van der Waals surface area (Å²) >= 11 is 0. The van der Waals surface area contributed by atoms with Gasteiger partial charge >= 0.3 is 0 Å². The van der Waals surface area contributed by atoms with E-state index < -0.39 is 0 Å². The zero-order chi connectivity index (χ0) is 13.1. The lowest BCUT2D eigenvalue weighted by Gasteiger charge is -2.10. The average molecular weight is 258 g/mol. The van der Waals surface area contributed by atoms with Crippen molar-refractivity contribution in [2.45, 2.75) is 25.3 Å². The van der Waals surface area contributed by atoms with Crippen molar-refractivity contribution in [3.05, 3.63) is 36.1 Å². The minimum absolute atomic E-state index is 0.0528. The molecule has 1 atom stereocenters. The van der Waals surface area contributed by atoms with Crippen LogP contribution in [-0.2, 0) is 0 Å². The summed E-state index contributed by atoms with van der Waals surface area (Å²) in [7, 11) is 0. The molecule has 1 saturated heterocycles. The molecule has 1 aliphatic rings. The summed E-state index contributed by atoms with van der Waals surface area (Å²) in [6.45, 7) is 1.81. The van der Waals surface area contributed by atoms with Gasteiger partial charge < -0.3 is 15.1 Å². The van der Waals surface area contributed by atoms with Crippen LogP contribution in [0.4, 0.5) is 0 Å². The maximum atomic E-state index is 12.1. The van der Waals surface area contributed by atoms with E-state index >= 15 is 0 Å². The van der Waals surface area contributed by atoms with Crippen LogP contribution in [0.3, 0.4) is 0 Å². The Labute approximate surface area is 112 Å². The first-order chi connectivity index (χ1) is 9.34. The molecule has 4 heteroatoms. The third kappa shape index (κ3) is 2.63. The maximum absolute atomic E-state index is 12.1. The van der Waals surface area contributed by atoms with Gasteiger partial charge in [0.15, 0.2) is 0 Å². The Kier molecular flexibility index (Phi) is 3.51. The molecule has 1 aromatic carbocycles. The monoisotopic (exact) mass is 258 g/mol. The van der Waals surface area contributed by atoms with Gasteiger partial charge in [0.2, 0.25) is 0 Å². The van der Waals surface area contributed by atoms with E-state index in [2.05, 4.69) is 10.6 Å². The fourth-order valence-corrected chi connectivity index (χ4v) is 2.61. The minimum atomic E-state index is -0.0528. The summed E-state index contributed by atoms with van der Waals surface area (Å²) in [6, 6.07) is 8.15. The Morgan fingerprint density at radius 2 is 2.32 bits per heavy atom. The molecule has 19 heavy (non-hydrogen) atoms. The lowest BCUT2D eigenvalue weighted by atomic mass is 10.1. The van der Waals surface area contributed by atoms with E-state index in [4.69, 9.17) is 4.42 Å². The molecule has 2 aromatic rings. The number of para-hydroxylation sites is 1. The van der Waals surface area contributed by atoms with E-state index in [0.717, 1.165) is 23.9 Å². The highest BCUT2D eigenvalue weighted by molar-refractivity contribution is 6.05. The van der Waals surface area contributed by atoms with Crippen molar-refractivity contribution < 1.29 is 9.21 Å². The molecule has 1 aliphatic heterocycles. The standard InChI is InChI=1S/C15H18N2O2/c18-15(17-9-7-11-4-3-8-16-11)13-10-19-14-6-2-1-5-12(13)14/h1-2,5-6,10-11,16H,3-4,7-9H2,(H,17,18)/t11-/m1/s1. The zero-order valence-electron chi connectivity index (χ0n) is 10.8. The topological polar surface area (TPSA) is 54.3 Å². The number of furan rings is 1. The van der Waals surface area contributed by atoms with Gasteiger partial charge in [0.1, 0.15) is 11.8 Å². The van der Waals surface area contributed by atoms with Gasteiger partial charge in [-0.05, 0) is 31.9 Å². The number of fused-ring (bicyclic) bond motifs is 1. The van der Waals surface area contributed by atoms with Crippen LogP contribution in [0.5, 0.6) is 0 Å². The van der Waals surface area contributed by atoms with Crippen LogP contribution in [0.2, 0.25) is 0 Å². The number of nitrogens with one attached hydrogen (secondary N) is 2. The molecule has 0 bridgehead atoms. The Bertz CT molecular complexity index is 570. The van der Waals surface area contributed by atoms with Crippen molar-refractivity contribution in [2.75, 3.05) is 13.1 Å². The molecule has 0 saturated carbocycles. The van der Waals surface area contributed by atoms with Gasteiger partial charge in [-0.1, -0.05) is 18.2 Å². The number of carbonyl (C=O) groups is 1. The number of hydrogen-bond acceptors (Lipinski definition) is 3. The molecule has 1 amide bonds. The minimum Gasteiger partial charge on any atom is -0.463 e. The second-order valence-electron chi connectivity index (χ2n) is 4.98. The quantitative estimate of drug-likeness (QED) is 0.884. The van der Waals surface area contributed by atoms with Gasteiger partial charge in [0.05, 0.1) is 5.56 Å². The van der Waals surface area contributed by atoms with Gasteiger partial charge in [0.25, 0.3) is 5.91 Å². The molecule has 100 valence electrons. The van der Waals surface area contributed by atoms with Crippen molar-refractivity contribution in [1.29, 1.82) is 0 Å². The van der Waals surface area contributed by atoms with E-state index in [0.29, 0.717) is 18.2 Å². The van der Waals surface area contributed by atoms with Gasteiger partial charge in [-0.15, -0.1) is 0 Å². The third-order valence-electron chi connectivity index (χ3n) is 3.67. The fraction of sp³-hybridized carbons (Fsp3) is 0.400. The second-order valence-corrected chi connectivity index (χ2v) is 4.98. The number of carbonyl (C=O) groups excluding carboxylic acids is 1. The maximum Gasteiger partial charge on any atom is 0.255 e. The normalized spacial score (nSPS) is 18.8. The highest BCUT2D eigenvalue weighted by Crippen LogP contribution is 2.20. The molecular formula is C15H18N2O2. The van der Waals surface area contributed by atoms with Crippen LogP contribution in [0, 0.1) is 0 Å². The largest absolute Gasteiger partial charge is 0.463 e. The molecule has 3 rings (SSSR count). The van der Waals surface area contributed by atoms with E-state index in [-0.39, 0.29) is 5.91 Å². The molecule has 4 nitrogen and oxygen atoms in total. The Morgan fingerprint density at radius 1 is 1.42 bits per heavy atom. The lowest BCUT2D eigenvalue weighted by molar-refractivity contribution is 0.0953. The van der Waals surface area contributed by atoms with Crippen LogP contribution in [0.15, 0.2) is 34.9 Å². The summed E-state index contributed by atoms with van der Waals surface area (Å²) < 4.78 is 5.38. The zero-order valence-corrected chi connectivity index (χ0v) is 10.8. The average Bonchev–Trinajstić information content (AvgIpc) is 3.07. The third-order valence-corrected chi connectivity index (χ3v) is 3.67. The van der Waals surface area contributed by atoms with E-state index in [1.165, 1.54) is 19.1 Å². The molecule has 1 aromatic heterocycles. The molecule has 0 aliphatic carbocycles. The van der Waals surface area contributed by atoms with Crippen LogP contribution in [0.25, 0.3) is 11.0 Å². The number of rotatable bonds is 4.